The van der Waals surface area contributed by atoms with E-state index in [-0.39, 0.29) is 56.9 Å². The molecular weight excluding hydrogens is 408 g/mol. The molecule has 0 spiro atoms. The molecule has 168 valence electrons. The Morgan fingerprint density at radius 2 is 0.781 bits per heavy atom. The number of hydrogen-bond acceptors (Lipinski definition) is 6. The van der Waals surface area contributed by atoms with Crippen molar-refractivity contribution in [2.45, 2.75) is 53.5 Å². The Bertz CT molecular complexity index is 1040. The van der Waals surface area contributed by atoms with Crippen molar-refractivity contribution in [1.82, 2.24) is 0 Å². The Morgan fingerprint density at radius 1 is 0.500 bits per heavy atom. The minimum Gasteiger partial charge on any atom is -0.507 e. The summed E-state index contributed by atoms with van der Waals surface area (Å²) in [6, 6.07) is 12.9. The predicted molar refractivity (Wildman–Crippen MR) is 119 cm³/mol. The molecular formula is C26H28O6. The van der Waals surface area contributed by atoms with E-state index >= 15 is 0 Å². The summed E-state index contributed by atoms with van der Waals surface area (Å²) in [5.41, 5.74) is 5.88. The van der Waals surface area contributed by atoms with Crippen molar-refractivity contribution in [3.05, 3.63) is 87.0 Å². The molecule has 0 aromatic heterocycles. The molecule has 3 aromatic rings. The second kappa shape index (κ2) is 9.61. The van der Waals surface area contributed by atoms with Gasteiger partial charge in [0.1, 0.15) is 17.2 Å². The third-order valence-electron chi connectivity index (χ3n) is 5.57. The van der Waals surface area contributed by atoms with Crippen molar-refractivity contribution in [2.24, 2.45) is 0 Å². The molecule has 3 N–H and O–H groups in total. The monoisotopic (exact) mass is 436 g/mol. The number of phenolic OH excluding ortho intramolecular Hbond substituents is 3. The molecule has 0 saturated carbocycles. The third kappa shape index (κ3) is 4.88. The van der Waals surface area contributed by atoms with Gasteiger partial charge in [0.2, 0.25) is 0 Å². The number of benzene rings is 3. The second-order valence-corrected chi connectivity index (χ2v) is 8.27. The van der Waals surface area contributed by atoms with Gasteiger partial charge in [0.05, 0.1) is 39.6 Å². The Balaban J connectivity index is 1.69. The summed E-state index contributed by atoms with van der Waals surface area (Å²) in [4.78, 5) is 0. The Kier molecular flexibility index (Phi) is 6.65. The van der Waals surface area contributed by atoms with Gasteiger partial charge in [-0.1, -0.05) is 53.6 Å². The maximum absolute atomic E-state index is 10.7. The van der Waals surface area contributed by atoms with Crippen LogP contribution in [0.3, 0.4) is 0 Å². The maximum atomic E-state index is 10.7. The highest BCUT2D eigenvalue weighted by Crippen LogP contribution is 2.31. The lowest BCUT2D eigenvalue weighted by Crippen LogP contribution is -2.03. The lowest BCUT2D eigenvalue weighted by Gasteiger charge is -2.16. The van der Waals surface area contributed by atoms with Crippen LogP contribution in [0.25, 0.3) is 0 Å². The van der Waals surface area contributed by atoms with Gasteiger partial charge in [0, 0.05) is 33.4 Å². The summed E-state index contributed by atoms with van der Waals surface area (Å²) < 4.78 is 17.4. The molecule has 3 aromatic carbocycles. The molecule has 32 heavy (non-hydrogen) atoms. The fourth-order valence-corrected chi connectivity index (χ4v) is 4.00. The Morgan fingerprint density at radius 3 is 1.12 bits per heavy atom. The van der Waals surface area contributed by atoms with Crippen LogP contribution in [0, 0.1) is 13.8 Å². The molecule has 0 aliphatic carbocycles. The van der Waals surface area contributed by atoms with Gasteiger partial charge in [-0.2, -0.15) is 0 Å². The average molecular weight is 437 g/mol. The Labute approximate surface area is 187 Å². The van der Waals surface area contributed by atoms with E-state index in [1.54, 1.807) is 12.1 Å². The molecule has 1 heterocycles. The molecule has 0 radical (unpaired) electrons. The number of aromatic hydroxyl groups is 3. The van der Waals surface area contributed by atoms with E-state index in [1.807, 2.05) is 44.2 Å². The van der Waals surface area contributed by atoms with Gasteiger partial charge in [0.25, 0.3) is 0 Å². The highest BCUT2D eigenvalue weighted by molar-refractivity contribution is 5.45. The van der Waals surface area contributed by atoms with Gasteiger partial charge in [-0.05, 0) is 13.8 Å². The molecule has 6 nitrogen and oxygen atoms in total. The number of rotatable bonds is 0. The third-order valence-corrected chi connectivity index (χ3v) is 5.57. The van der Waals surface area contributed by atoms with Crippen LogP contribution in [0.5, 0.6) is 17.2 Å². The minimum absolute atomic E-state index is 0.130. The van der Waals surface area contributed by atoms with Crippen LogP contribution in [0.2, 0.25) is 0 Å². The number of fused-ring (bicyclic) bond motifs is 6. The van der Waals surface area contributed by atoms with Crippen LogP contribution in [-0.2, 0) is 53.9 Å². The fraction of sp³-hybridized carbons (Fsp3) is 0.308. The smallest absolute Gasteiger partial charge is 0.126 e. The molecule has 6 bridgehead atoms. The van der Waals surface area contributed by atoms with Crippen LogP contribution < -0.4 is 0 Å². The van der Waals surface area contributed by atoms with E-state index in [2.05, 4.69) is 0 Å². The zero-order chi connectivity index (χ0) is 22.7. The second-order valence-electron chi connectivity index (χ2n) is 8.27. The van der Waals surface area contributed by atoms with Gasteiger partial charge < -0.3 is 29.5 Å². The van der Waals surface area contributed by atoms with E-state index in [0.717, 1.165) is 11.1 Å². The molecule has 1 aliphatic rings. The lowest BCUT2D eigenvalue weighted by molar-refractivity contribution is 0.0930. The molecule has 0 unspecified atom stereocenters. The first kappa shape index (κ1) is 22.1. The SMILES string of the molecule is Cc1cc2c(O)c(c1)COCc1cc(C)cc(c1O)COCc1cccc(c1O)COC2. The summed E-state index contributed by atoms with van der Waals surface area (Å²) in [6.45, 7) is 5.08. The highest BCUT2D eigenvalue weighted by Gasteiger charge is 2.14. The van der Waals surface area contributed by atoms with Crippen molar-refractivity contribution in [2.75, 3.05) is 0 Å². The molecule has 0 amide bonds. The van der Waals surface area contributed by atoms with Crippen LogP contribution in [0.15, 0.2) is 42.5 Å². The normalized spacial score (nSPS) is 15.1. The fourth-order valence-electron chi connectivity index (χ4n) is 4.00. The standard InChI is InChI=1S/C26H28O6/c1-16-6-20-12-30-10-18-4-3-5-19(24(18)27)11-31-13-21-7-17(2)9-23(26(21)29)15-32-14-22(8-16)25(20)28/h3-9,27-29H,10-15H2,1-2H3. The Hall–Kier alpha value is -3.06. The van der Waals surface area contributed by atoms with Crippen molar-refractivity contribution >= 4 is 0 Å². The first-order chi connectivity index (χ1) is 15.4. The zero-order valence-corrected chi connectivity index (χ0v) is 18.4. The average Bonchev–Trinajstić information content (AvgIpc) is 2.75. The van der Waals surface area contributed by atoms with Gasteiger partial charge in [-0.3, -0.25) is 0 Å². The first-order valence-electron chi connectivity index (χ1n) is 10.6. The summed E-state index contributed by atoms with van der Waals surface area (Å²) in [7, 11) is 0. The molecule has 0 fully saturated rings. The number of phenols is 3. The number of ether oxygens (including phenoxy) is 3. The largest absolute Gasteiger partial charge is 0.507 e. The van der Waals surface area contributed by atoms with Crippen LogP contribution in [0.1, 0.15) is 44.5 Å². The van der Waals surface area contributed by atoms with Crippen molar-refractivity contribution < 1.29 is 29.5 Å². The molecule has 4 rings (SSSR count). The minimum atomic E-state index is 0.130. The van der Waals surface area contributed by atoms with Gasteiger partial charge in [-0.15, -0.1) is 0 Å². The van der Waals surface area contributed by atoms with E-state index in [4.69, 9.17) is 14.2 Å². The summed E-state index contributed by atoms with van der Waals surface area (Å²) >= 11 is 0. The van der Waals surface area contributed by atoms with E-state index in [1.165, 1.54) is 0 Å². The topological polar surface area (TPSA) is 88.4 Å². The van der Waals surface area contributed by atoms with Gasteiger partial charge in [0.15, 0.2) is 0 Å². The van der Waals surface area contributed by atoms with Gasteiger partial charge >= 0.3 is 0 Å². The van der Waals surface area contributed by atoms with E-state index in [0.29, 0.717) is 33.4 Å². The first-order valence-corrected chi connectivity index (χ1v) is 10.6. The number of para-hydroxylation sites is 1. The molecule has 1 aliphatic heterocycles. The lowest BCUT2D eigenvalue weighted by atomic mass is 10.0. The van der Waals surface area contributed by atoms with E-state index in [9.17, 15) is 15.3 Å². The van der Waals surface area contributed by atoms with Crippen molar-refractivity contribution in [3.63, 3.8) is 0 Å². The summed E-state index contributed by atoms with van der Waals surface area (Å²) in [6.07, 6.45) is 0. The zero-order valence-electron chi connectivity index (χ0n) is 18.4. The van der Waals surface area contributed by atoms with Crippen molar-refractivity contribution in [3.8, 4) is 17.2 Å². The molecule has 6 heteroatoms. The van der Waals surface area contributed by atoms with Crippen LogP contribution in [0.4, 0.5) is 0 Å². The number of hydrogen-bond donors (Lipinski definition) is 3. The number of aryl methyl sites for hydroxylation is 2. The van der Waals surface area contributed by atoms with Gasteiger partial charge in [-0.25, -0.2) is 0 Å². The summed E-state index contributed by atoms with van der Waals surface area (Å²) in [5, 5.41) is 32.1. The molecule has 0 atom stereocenters. The maximum Gasteiger partial charge on any atom is 0.126 e. The van der Waals surface area contributed by atoms with Crippen LogP contribution in [-0.4, -0.2) is 15.3 Å². The summed E-state index contributed by atoms with van der Waals surface area (Å²) in [5.74, 6) is 0.403. The predicted octanol–water partition coefficient (Wildman–Crippen LogP) is 4.88. The highest BCUT2D eigenvalue weighted by atomic mass is 16.5. The van der Waals surface area contributed by atoms with E-state index < -0.39 is 0 Å². The molecule has 0 saturated heterocycles. The quantitative estimate of drug-likeness (QED) is 0.465. The van der Waals surface area contributed by atoms with Crippen LogP contribution >= 0.6 is 0 Å². The van der Waals surface area contributed by atoms with Crippen molar-refractivity contribution in [1.29, 1.82) is 0 Å².